The van der Waals surface area contributed by atoms with Crippen molar-refractivity contribution in [3.8, 4) is 0 Å². The number of fused-ring (bicyclic) bond motifs is 2. The molecular weight excluding hydrogens is 486 g/mol. The van der Waals surface area contributed by atoms with Crippen molar-refractivity contribution >= 4 is 39.8 Å². The number of pyridine rings is 1. The second kappa shape index (κ2) is 9.72. The average molecular weight is 510 g/mol. The summed E-state index contributed by atoms with van der Waals surface area (Å²) in [6, 6.07) is 8.37. The predicted octanol–water partition coefficient (Wildman–Crippen LogP) is 6.32. The Morgan fingerprint density at radius 1 is 1.12 bits per heavy atom. The molecular formula is C25H24Cl2F3N3O. The number of hydrogen-bond donors (Lipinski definition) is 1. The second-order valence-electron chi connectivity index (χ2n) is 8.83. The molecule has 0 radical (unpaired) electrons. The first-order valence-electron chi connectivity index (χ1n) is 10.9. The summed E-state index contributed by atoms with van der Waals surface area (Å²) < 4.78 is 39.1. The first-order valence-corrected chi connectivity index (χ1v) is 11.7. The van der Waals surface area contributed by atoms with Gasteiger partial charge in [0.15, 0.2) is 5.43 Å². The lowest BCUT2D eigenvalue weighted by atomic mass is 9.80. The molecule has 1 aromatic heterocycles. The van der Waals surface area contributed by atoms with Gasteiger partial charge in [0.25, 0.3) is 0 Å². The largest absolute Gasteiger partial charge is 0.416 e. The van der Waals surface area contributed by atoms with Gasteiger partial charge in [0.05, 0.1) is 21.7 Å². The molecule has 2 aromatic carbocycles. The molecule has 0 amide bonds. The molecule has 1 unspecified atom stereocenters. The Hall–Kier alpha value is -2.35. The van der Waals surface area contributed by atoms with E-state index in [1.807, 2.05) is 14.1 Å². The Morgan fingerprint density at radius 2 is 1.82 bits per heavy atom. The van der Waals surface area contributed by atoms with Gasteiger partial charge in [-0.25, -0.2) is 0 Å². The molecule has 180 valence electrons. The van der Waals surface area contributed by atoms with E-state index >= 15 is 0 Å². The summed E-state index contributed by atoms with van der Waals surface area (Å²) in [5.74, 6) is -0.124. The Bertz CT molecular complexity index is 1300. The van der Waals surface area contributed by atoms with Crippen LogP contribution in [0.3, 0.4) is 0 Å². The number of benzene rings is 2. The minimum atomic E-state index is -4.39. The van der Waals surface area contributed by atoms with Crippen molar-refractivity contribution in [3.05, 3.63) is 79.1 Å². The first kappa shape index (κ1) is 24.8. The summed E-state index contributed by atoms with van der Waals surface area (Å²) in [5, 5.41) is 1.10. The van der Waals surface area contributed by atoms with E-state index in [1.54, 1.807) is 12.1 Å². The number of nitrogens with one attached hydrogen (secondary N) is 1. The number of hydrogen-bond acceptors (Lipinski definition) is 3. The highest BCUT2D eigenvalue weighted by molar-refractivity contribution is 6.38. The van der Waals surface area contributed by atoms with Crippen LogP contribution in [0, 0.1) is 0 Å². The molecule has 1 aliphatic rings. The molecule has 0 fully saturated rings. The fraction of sp³-hybridized carbons (Fsp3) is 0.360. The number of aliphatic imine (C=N–C) groups is 1. The number of halogens is 5. The van der Waals surface area contributed by atoms with Crippen LogP contribution >= 0.6 is 23.2 Å². The zero-order chi connectivity index (χ0) is 24.6. The van der Waals surface area contributed by atoms with E-state index in [0.717, 1.165) is 30.7 Å². The molecule has 1 heterocycles. The smallest absolute Gasteiger partial charge is 0.356 e. The van der Waals surface area contributed by atoms with E-state index in [1.165, 1.54) is 12.1 Å². The number of aromatic amines is 1. The van der Waals surface area contributed by atoms with E-state index in [0.29, 0.717) is 57.3 Å². The molecule has 0 aliphatic heterocycles. The number of H-pyrrole nitrogens is 1. The molecule has 1 aliphatic carbocycles. The summed E-state index contributed by atoms with van der Waals surface area (Å²) in [4.78, 5) is 23.6. The lowest BCUT2D eigenvalue weighted by Gasteiger charge is -2.27. The summed E-state index contributed by atoms with van der Waals surface area (Å²) in [6.07, 6.45) is -2.65. The predicted molar refractivity (Wildman–Crippen MR) is 132 cm³/mol. The van der Waals surface area contributed by atoms with E-state index < -0.39 is 11.7 Å². The minimum absolute atomic E-state index is 0.124. The Morgan fingerprint density at radius 3 is 2.47 bits per heavy atom. The fourth-order valence-corrected chi connectivity index (χ4v) is 4.94. The monoisotopic (exact) mass is 509 g/mol. The first-order chi connectivity index (χ1) is 16.0. The summed E-state index contributed by atoms with van der Waals surface area (Å²) in [6.45, 7) is 1.39. The van der Waals surface area contributed by atoms with Gasteiger partial charge < -0.3 is 9.88 Å². The van der Waals surface area contributed by atoms with Crippen LogP contribution in [0.25, 0.3) is 10.9 Å². The van der Waals surface area contributed by atoms with Crippen molar-refractivity contribution in [1.82, 2.24) is 9.88 Å². The lowest BCUT2D eigenvalue weighted by molar-refractivity contribution is -0.137. The van der Waals surface area contributed by atoms with Crippen LogP contribution in [0.4, 0.5) is 13.2 Å². The van der Waals surface area contributed by atoms with Crippen LogP contribution in [0.1, 0.15) is 41.1 Å². The van der Waals surface area contributed by atoms with Crippen molar-refractivity contribution in [2.45, 2.75) is 31.4 Å². The topological polar surface area (TPSA) is 48.5 Å². The van der Waals surface area contributed by atoms with Gasteiger partial charge in [-0.05, 0) is 75.6 Å². The van der Waals surface area contributed by atoms with Gasteiger partial charge in [0.2, 0.25) is 0 Å². The molecule has 1 atom stereocenters. The summed E-state index contributed by atoms with van der Waals surface area (Å²) in [5.41, 5.74) is 2.24. The molecule has 4 nitrogen and oxygen atoms in total. The van der Waals surface area contributed by atoms with Crippen LogP contribution in [0.15, 0.2) is 46.2 Å². The maximum atomic E-state index is 13.5. The Labute approximate surface area is 205 Å². The molecule has 3 aromatic rings. The van der Waals surface area contributed by atoms with Crippen molar-refractivity contribution in [2.24, 2.45) is 4.99 Å². The fourth-order valence-electron chi connectivity index (χ4n) is 4.40. The van der Waals surface area contributed by atoms with Crippen molar-refractivity contribution in [3.63, 3.8) is 0 Å². The number of nitrogens with zero attached hydrogens (tertiary/aromatic N) is 2. The van der Waals surface area contributed by atoms with Crippen molar-refractivity contribution in [2.75, 3.05) is 27.2 Å². The van der Waals surface area contributed by atoms with Crippen LogP contribution in [0.2, 0.25) is 10.0 Å². The average Bonchev–Trinajstić information content (AvgIpc) is 2.76. The SMILES string of the molecule is CN(C)CCCN=C1CC(c2ccc(C(F)(F)F)cc2)Cc2[nH]c3c(Cl)cc(Cl)cc3c(=O)c21. The number of rotatable bonds is 5. The van der Waals surface area contributed by atoms with Gasteiger partial charge in [-0.15, -0.1) is 0 Å². The van der Waals surface area contributed by atoms with E-state index in [9.17, 15) is 18.0 Å². The van der Waals surface area contributed by atoms with Gasteiger partial charge in [-0.1, -0.05) is 35.3 Å². The van der Waals surface area contributed by atoms with E-state index in [2.05, 4.69) is 9.88 Å². The standard InChI is InChI=1S/C25H24Cl2F3N3O/c1-33(2)9-3-8-31-20-10-15(14-4-6-16(7-5-14)25(28,29)30)11-21-22(20)24(34)18-12-17(26)13-19(27)23(18)32-21/h4-7,12-13,15H,3,8-11H2,1-2H3,(H,32,34). The van der Waals surface area contributed by atoms with Gasteiger partial charge in [0.1, 0.15) is 0 Å². The lowest BCUT2D eigenvalue weighted by Crippen LogP contribution is -2.29. The zero-order valence-electron chi connectivity index (χ0n) is 18.8. The minimum Gasteiger partial charge on any atom is -0.356 e. The van der Waals surface area contributed by atoms with Gasteiger partial charge in [0, 0.05) is 28.4 Å². The second-order valence-corrected chi connectivity index (χ2v) is 9.67. The van der Waals surface area contributed by atoms with E-state index in [4.69, 9.17) is 28.2 Å². The van der Waals surface area contributed by atoms with Gasteiger partial charge >= 0.3 is 6.18 Å². The molecule has 34 heavy (non-hydrogen) atoms. The van der Waals surface area contributed by atoms with Crippen molar-refractivity contribution < 1.29 is 13.2 Å². The molecule has 0 saturated heterocycles. The van der Waals surface area contributed by atoms with E-state index in [-0.39, 0.29) is 11.3 Å². The maximum absolute atomic E-state index is 13.5. The van der Waals surface area contributed by atoms with Crippen LogP contribution in [-0.2, 0) is 12.6 Å². The maximum Gasteiger partial charge on any atom is 0.416 e. The zero-order valence-corrected chi connectivity index (χ0v) is 20.3. The third-order valence-corrected chi connectivity index (χ3v) is 6.58. The molecule has 0 saturated carbocycles. The van der Waals surface area contributed by atoms with Crippen molar-refractivity contribution in [1.29, 1.82) is 0 Å². The van der Waals surface area contributed by atoms with Crippen LogP contribution in [0.5, 0.6) is 0 Å². The normalized spacial score (nSPS) is 17.5. The third-order valence-electron chi connectivity index (χ3n) is 6.06. The van der Waals surface area contributed by atoms with Crippen LogP contribution < -0.4 is 5.43 Å². The highest BCUT2D eigenvalue weighted by Crippen LogP contribution is 2.36. The van der Waals surface area contributed by atoms with Gasteiger partial charge in [-0.3, -0.25) is 9.79 Å². The molecule has 1 N–H and O–H groups in total. The highest BCUT2D eigenvalue weighted by Gasteiger charge is 2.32. The molecule has 9 heteroatoms. The molecule has 0 spiro atoms. The Balaban J connectivity index is 1.78. The molecule has 4 rings (SSSR count). The quantitative estimate of drug-likeness (QED) is 0.408. The summed E-state index contributed by atoms with van der Waals surface area (Å²) >= 11 is 12.5. The summed E-state index contributed by atoms with van der Waals surface area (Å²) in [7, 11) is 3.96. The molecule has 0 bridgehead atoms. The number of aromatic nitrogens is 1. The van der Waals surface area contributed by atoms with Gasteiger partial charge in [-0.2, -0.15) is 13.2 Å². The number of alkyl halides is 3. The highest BCUT2D eigenvalue weighted by atomic mass is 35.5. The Kier molecular flexibility index (Phi) is 7.08. The third kappa shape index (κ3) is 5.16. The van der Waals surface area contributed by atoms with Crippen LogP contribution in [-0.4, -0.2) is 42.8 Å².